The predicted octanol–water partition coefficient (Wildman–Crippen LogP) is 5.72. The summed E-state index contributed by atoms with van der Waals surface area (Å²) in [5.41, 5.74) is 4.01. The Kier molecular flexibility index (Phi) is 9.84. The fourth-order valence-electron chi connectivity index (χ4n) is 4.19. The van der Waals surface area contributed by atoms with Crippen LogP contribution in [0.5, 0.6) is 11.5 Å². The number of nitrogens with one attached hydrogen (secondary N) is 2. The second-order valence-electron chi connectivity index (χ2n) is 10.1. The zero-order valence-electron chi connectivity index (χ0n) is 22.6. The summed E-state index contributed by atoms with van der Waals surface area (Å²) in [5, 5.41) is 26.9. The molecule has 2 unspecified atom stereocenters. The van der Waals surface area contributed by atoms with Crippen molar-refractivity contribution in [1.82, 2.24) is 0 Å². The van der Waals surface area contributed by atoms with Crippen molar-refractivity contribution in [3.05, 3.63) is 120 Å². The lowest BCUT2D eigenvalue weighted by Gasteiger charge is -2.26. The average molecular weight is 527 g/mol. The molecule has 0 aliphatic rings. The van der Waals surface area contributed by atoms with E-state index in [4.69, 9.17) is 9.47 Å². The SMILES string of the molecule is CC(C)(c1ccc(OCC(O)CNc2ccccc2)cc1)c1ccc(OCC(O)CNc2ccccc2)cc1. The monoisotopic (exact) mass is 526 g/mol. The van der Waals surface area contributed by atoms with Gasteiger partial charge >= 0.3 is 0 Å². The van der Waals surface area contributed by atoms with Crippen molar-refractivity contribution in [2.24, 2.45) is 0 Å². The highest BCUT2D eigenvalue weighted by Crippen LogP contribution is 2.33. The molecule has 0 heterocycles. The van der Waals surface area contributed by atoms with Gasteiger partial charge in [0, 0.05) is 29.9 Å². The number of aliphatic hydroxyl groups is 2. The Morgan fingerprint density at radius 1 is 0.564 bits per heavy atom. The van der Waals surface area contributed by atoms with Crippen LogP contribution >= 0.6 is 0 Å². The summed E-state index contributed by atoms with van der Waals surface area (Å²) >= 11 is 0. The Morgan fingerprint density at radius 2 is 0.923 bits per heavy atom. The molecule has 4 aromatic rings. The van der Waals surface area contributed by atoms with E-state index in [1.165, 1.54) is 0 Å². The van der Waals surface area contributed by atoms with E-state index in [0.717, 1.165) is 34.0 Å². The molecular formula is C33H38N2O4. The van der Waals surface area contributed by atoms with E-state index in [9.17, 15) is 10.2 Å². The maximum atomic E-state index is 10.3. The molecule has 4 N–H and O–H groups in total. The topological polar surface area (TPSA) is 83.0 Å². The molecule has 0 aliphatic carbocycles. The number of hydrogen-bond donors (Lipinski definition) is 4. The lowest BCUT2D eigenvalue weighted by molar-refractivity contribution is 0.117. The summed E-state index contributed by atoms with van der Waals surface area (Å²) in [6.07, 6.45) is -1.24. The van der Waals surface area contributed by atoms with Crippen LogP contribution in [-0.2, 0) is 5.41 Å². The van der Waals surface area contributed by atoms with Crippen LogP contribution in [0.3, 0.4) is 0 Å². The van der Waals surface area contributed by atoms with Crippen LogP contribution in [0.4, 0.5) is 11.4 Å². The smallest absolute Gasteiger partial charge is 0.119 e. The Balaban J connectivity index is 1.23. The van der Waals surface area contributed by atoms with Gasteiger partial charge in [-0.2, -0.15) is 0 Å². The molecular weight excluding hydrogens is 488 g/mol. The highest BCUT2D eigenvalue weighted by atomic mass is 16.5. The van der Waals surface area contributed by atoms with Gasteiger partial charge in [-0.3, -0.25) is 0 Å². The number of ether oxygens (including phenoxy) is 2. The molecule has 0 saturated carbocycles. The first-order valence-electron chi connectivity index (χ1n) is 13.3. The van der Waals surface area contributed by atoms with Gasteiger partial charge < -0.3 is 30.3 Å². The molecule has 6 heteroatoms. The number of anilines is 2. The Hall–Kier alpha value is -4.00. The van der Waals surface area contributed by atoms with E-state index in [0.29, 0.717) is 13.1 Å². The third kappa shape index (κ3) is 8.50. The number of para-hydroxylation sites is 2. The van der Waals surface area contributed by atoms with E-state index in [-0.39, 0.29) is 18.6 Å². The van der Waals surface area contributed by atoms with E-state index in [2.05, 4.69) is 48.7 Å². The second-order valence-corrected chi connectivity index (χ2v) is 10.1. The van der Waals surface area contributed by atoms with Crippen LogP contribution in [0.2, 0.25) is 0 Å². The quantitative estimate of drug-likeness (QED) is 0.168. The van der Waals surface area contributed by atoms with Crippen LogP contribution < -0.4 is 20.1 Å². The Labute approximate surface area is 231 Å². The van der Waals surface area contributed by atoms with Gasteiger partial charge in [0.2, 0.25) is 0 Å². The van der Waals surface area contributed by atoms with Gasteiger partial charge in [0.05, 0.1) is 0 Å². The fourth-order valence-corrected chi connectivity index (χ4v) is 4.19. The molecule has 2 atom stereocenters. The first-order valence-corrected chi connectivity index (χ1v) is 13.3. The van der Waals surface area contributed by atoms with Crippen molar-refractivity contribution in [2.45, 2.75) is 31.5 Å². The van der Waals surface area contributed by atoms with Crippen molar-refractivity contribution in [1.29, 1.82) is 0 Å². The van der Waals surface area contributed by atoms with E-state index in [1.807, 2.05) is 84.9 Å². The minimum absolute atomic E-state index is 0.209. The van der Waals surface area contributed by atoms with Gasteiger partial charge in [0.25, 0.3) is 0 Å². The first-order chi connectivity index (χ1) is 18.9. The molecule has 0 saturated heterocycles. The average Bonchev–Trinajstić information content (AvgIpc) is 2.98. The van der Waals surface area contributed by atoms with Gasteiger partial charge in [0.1, 0.15) is 36.9 Å². The lowest BCUT2D eigenvalue weighted by atomic mass is 9.78. The van der Waals surface area contributed by atoms with E-state index < -0.39 is 12.2 Å². The molecule has 0 bridgehead atoms. The number of hydrogen-bond acceptors (Lipinski definition) is 6. The minimum Gasteiger partial charge on any atom is -0.491 e. The standard InChI is InChI=1S/C33H38N2O4/c1-33(2,25-13-17-31(18-14-25)38-23-29(36)21-34-27-9-5-3-6-10-27)26-15-19-32(20-16-26)39-24-30(37)22-35-28-11-7-4-8-12-28/h3-20,29-30,34-37H,21-24H2,1-2H3. The lowest BCUT2D eigenvalue weighted by Crippen LogP contribution is -2.26. The van der Waals surface area contributed by atoms with Crippen molar-refractivity contribution >= 4 is 11.4 Å². The minimum atomic E-state index is -0.622. The molecule has 6 nitrogen and oxygen atoms in total. The fraction of sp³-hybridized carbons (Fsp3) is 0.273. The molecule has 204 valence electrons. The molecule has 4 aromatic carbocycles. The van der Waals surface area contributed by atoms with Crippen molar-refractivity contribution in [3.8, 4) is 11.5 Å². The zero-order valence-corrected chi connectivity index (χ0v) is 22.6. The highest BCUT2D eigenvalue weighted by Gasteiger charge is 2.23. The van der Waals surface area contributed by atoms with Gasteiger partial charge in [0.15, 0.2) is 0 Å². The maximum absolute atomic E-state index is 10.3. The molecule has 0 aliphatic heterocycles. The summed E-state index contributed by atoms with van der Waals surface area (Å²) in [6, 6.07) is 35.6. The highest BCUT2D eigenvalue weighted by molar-refractivity contribution is 5.44. The van der Waals surface area contributed by atoms with Gasteiger partial charge in [-0.25, -0.2) is 0 Å². The Bertz CT molecular complexity index is 1150. The van der Waals surface area contributed by atoms with Crippen LogP contribution in [0.25, 0.3) is 0 Å². The second kappa shape index (κ2) is 13.7. The van der Waals surface area contributed by atoms with Gasteiger partial charge in [-0.05, 0) is 59.7 Å². The van der Waals surface area contributed by atoms with E-state index >= 15 is 0 Å². The summed E-state index contributed by atoms with van der Waals surface area (Å²) in [6.45, 7) is 5.60. The molecule has 0 fully saturated rings. The first kappa shape index (κ1) is 28.0. The molecule has 0 amide bonds. The molecule has 0 aromatic heterocycles. The molecule has 4 rings (SSSR count). The van der Waals surface area contributed by atoms with Crippen LogP contribution in [0, 0.1) is 0 Å². The zero-order chi connectivity index (χ0) is 27.5. The number of benzene rings is 4. The van der Waals surface area contributed by atoms with Crippen LogP contribution in [-0.4, -0.2) is 48.7 Å². The van der Waals surface area contributed by atoms with Crippen molar-refractivity contribution in [3.63, 3.8) is 0 Å². The molecule has 39 heavy (non-hydrogen) atoms. The van der Waals surface area contributed by atoms with Gasteiger partial charge in [-0.1, -0.05) is 74.5 Å². The molecule has 0 spiro atoms. The van der Waals surface area contributed by atoms with Crippen molar-refractivity contribution in [2.75, 3.05) is 36.9 Å². The maximum Gasteiger partial charge on any atom is 0.119 e. The van der Waals surface area contributed by atoms with E-state index in [1.54, 1.807) is 0 Å². The Morgan fingerprint density at radius 3 is 1.28 bits per heavy atom. The summed E-state index contributed by atoms with van der Waals surface area (Å²) in [7, 11) is 0. The van der Waals surface area contributed by atoms with Gasteiger partial charge in [-0.15, -0.1) is 0 Å². The van der Waals surface area contributed by atoms with Crippen molar-refractivity contribution < 1.29 is 19.7 Å². The van der Waals surface area contributed by atoms with Crippen LogP contribution in [0.15, 0.2) is 109 Å². The number of rotatable bonds is 14. The summed E-state index contributed by atoms with van der Waals surface area (Å²) < 4.78 is 11.6. The normalized spacial score (nSPS) is 12.8. The number of aliphatic hydroxyl groups excluding tert-OH is 2. The molecule has 0 radical (unpaired) electrons. The van der Waals surface area contributed by atoms with Crippen LogP contribution in [0.1, 0.15) is 25.0 Å². The third-order valence-corrected chi connectivity index (χ3v) is 6.67. The predicted molar refractivity (Wildman–Crippen MR) is 158 cm³/mol. The third-order valence-electron chi connectivity index (χ3n) is 6.67. The summed E-state index contributed by atoms with van der Waals surface area (Å²) in [4.78, 5) is 0. The largest absolute Gasteiger partial charge is 0.491 e. The summed E-state index contributed by atoms with van der Waals surface area (Å²) in [5.74, 6) is 1.44.